The van der Waals surface area contributed by atoms with Gasteiger partial charge in [0.15, 0.2) is 0 Å². The summed E-state index contributed by atoms with van der Waals surface area (Å²) in [5, 5.41) is 10.1. The highest BCUT2D eigenvalue weighted by Gasteiger charge is 2.20. The van der Waals surface area contributed by atoms with Crippen LogP contribution in [0.25, 0.3) is 0 Å². The Balaban J connectivity index is 3.03. The van der Waals surface area contributed by atoms with Gasteiger partial charge < -0.3 is 10.0 Å². The number of carbonyl (C=O) groups excluding carboxylic acids is 1. The summed E-state index contributed by atoms with van der Waals surface area (Å²) in [6.45, 7) is 2.75. The van der Waals surface area contributed by atoms with Gasteiger partial charge in [-0.15, -0.1) is 0 Å². The average Bonchev–Trinajstić information content (AvgIpc) is 2.25. The van der Waals surface area contributed by atoms with Crippen molar-refractivity contribution in [3.63, 3.8) is 0 Å². The standard InChI is InChI=1S/C11H13BrFNO2/c1-2-14(7-6-12)11(16)10-8(13)4-3-5-9(10)15/h3-5,15H,2,6-7H2,1H3. The molecule has 0 heterocycles. The van der Waals surface area contributed by atoms with E-state index in [0.29, 0.717) is 18.4 Å². The number of aromatic hydroxyl groups is 1. The van der Waals surface area contributed by atoms with E-state index in [1.54, 1.807) is 6.92 Å². The highest BCUT2D eigenvalue weighted by Crippen LogP contribution is 2.21. The quantitative estimate of drug-likeness (QED) is 0.865. The molecular formula is C11H13BrFNO2. The third kappa shape index (κ3) is 2.72. The van der Waals surface area contributed by atoms with Gasteiger partial charge in [0.25, 0.3) is 5.91 Å². The molecule has 0 unspecified atom stereocenters. The summed E-state index contributed by atoms with van der Waals surface area (Å²) >= 11 is 3.22. The smallest absolute Gasteiger partial charge is 0.260 e. The van der Waals surface area contributed by atoms with E-state index in [9.17, 15) is 14.3 Å². The molecule has 1 aromatic rings. The van der Waals surface area contributed by atoms with Crippen LogP contribution < -0.4 is 0 Å². The van der Waals surface area contributed by atoms with Gasteiger partial charge >= 0.3 is 0 Å². The predicted octanol–water partition coefficient (Wildman–Crippen LogP) is 2.39. The zero-order valence-electron chi connectivity index (χ0n) is 8.91. The van der Waals surface area contributed by atoms with Crippen LogP contribution in [-0.4, -0.2) is 34.3 Å². The number of alkyl halides is 1. The first-order chi connectivity index (χ1) is 7.61. The number of amides is 1. The molecule has 0 bridgehead atoms. The second-order valence-corrected chi connectivity index (χ2v) is 4.00. The van der Waals surface area contributed by atoms with Crippen LogP contribution in [0.5, 0.6) is 5.75 Å². The summed E-state index contributed by atoms with van der Waals surface area (Å²) < 4.78 is 13.4. The lowest BCUT2D eigenvalue weighted by Crippen LogP contribution is -2.33. The lowest BCUT2D eigenvalue weighted by atomic mass is 10.1. The van der Waals surface area contributed by atoms with Crippen molar-refractivity contribution in [3.05, 3.63) is 29.6 Å². The number of nitrogens with zero attached hydrogens (tertiary/aromatic N) is 1. The van der Waals surface area contributed by atoms with E-state index in [2.05, 4.69) is 15.9 Å². The fourth-order valence-electron chi connectivity index (χ4n) is 1.39. The minimum absolute atomic E-state index is 0.259. The van der Waals surface area contributed by atoms with E-state index in [1.165, 1.54) is 17.0 Å². The van der Waals surface area contributed by atoms with Crippen molar-refractivity contribution >= 4 is 21.8 Å². The summed E-state index contributed by atoms with van der Waals surface area (Å²) in [7, 11) is 0. The first kappa shape index (κ1) is 13.0. The fraction of sp³-hybridized carbons (Fsp3) is 0.364. The monoisotopic (exact) mass is 289 g/mol. The van der Waals surface area contributed by atoms with Crippen molar-refractivity contribution < 1.29 is 14.3 Å². The molecular weight excluding hydrogens is 277 g/mol. The highest BCUT2D eigenvalue weighted by molar-refractivity contribution is 9.09. The zero-order chi connectivity index (χ0) is 12.1. The van der Waals surface area contributed by atoms with Crippen molar-refractivity contribution in [1.82, 2.24) is 4.90 Å². The number of hydrogen-bond acceptors (Lipinski definition) is 2. The van der Waals surface area contributed by atoms with E-state index < -0.39 is 11.7 Å². The van der Waals surface area contributed by atoms with Gasteiger partial charge in [0.2, 0.25) is 0 Å². The minimum Gasteiger partial charge on any atom is -0.507 e. The van der Waals surface area contributed by atoms with Crippen LogP contribution in [-0.2, 0) is 0 Å². The van der Waals surface area contributed by atoms with E-state index in [0.717, 1.165) is 6.07 Å². The Morgan fingerprint density at radius 3 is 2.75 bits per heavy atom. The molecule has 88 valence electrons. The van der Waals surface area contributed by atoms with Gasteiger partial charge in [-0.25, -0.2) is 4.39 Å². The van der Waals surface area contributed by atoms with Gasteiger partial charge in [-0.3, -0.25) is 4.79 Å². The molecule has 0 spiro atoms. The maximum atomic E-state index is 13.4. The van der Waals surface area contributed by atoms with Crippen molar-refractivity contribution in [2.75, 3.05) is 18.4 Å². The van der Waals surface area contributed by atoms with Crippen LogP contribution in [0.2, 0.25) is 0 Å². The highest BCUT2D eigenvalue weighted by atomic mass is 79.9. The van der Waals surface area contributed by atoms with Crippen LogP contribution in [0.3, 0.4) is 0 Å². The molecule has 0 aliphatic heterocycles. The molecule has 16 heavy (non-hydrogen) atoms. The Labute approximate surface area is 102 Å². The Morgan fingerprint density at radius 1 is 1.56 bits per heavy atom. The lowest BCUT2D eigenvalue weighted by Gasteiger charge is -2.20. The summed E-state index contributed by atoms with van der Waals surface area (Å²) in [6, 6.07) is 3.83. The molecule has 0 radical (unpaired) electrons. The molecule has 0 atom stereocenters. The third-order valence-corrected chi connectivity index (χ3v) is 2.58. The number of rotatable bonds is 4. The van der Waals surface area contributed by atoms with Crippen LogP contribution in [0.1, 0.15) is 17.3 Å². The minimum atomic E-state index is -0.696. The molecule has 0 aliphatic carbocycles. The zero-order valence-corrected chi connectivity index (χ0v) is 10.5. The second-order valence-electron chi connectivity index (χ2n) is 3.21. The number of phenols is 1. The van der Waals surface area contributed by atoms with Crippen LogP contribution in [0.15, 0.2) is 18.2 Å². The number of phenolic OH excluding ortho intramolecular Hbond substituents is 1. The van der Waals surface area contributed by atoms with Crippen molar-refractivity contribution in [2.45, 2.75) is 6.92 Å². The average molecular weight is 290 g/mol. The van der Waals surface area contributed by atoms with Gasteiger partial charge in [0, 0.05) is 18.4 Å². The number of benzene rings is 1. The van der Waals surface area contributed by atoms with E-state index in [1.807, 2.05) is 0 Å². The molecule has 1 aromatic carbocycles. The first-order valence-electron chi connectivity index (χ1n) is 4.94. The van der Waals surface area contributed by atoms with Crippen LogP contribution in [0, 0.1) is 5.82 Å². The molecule has 1 N–H and O–H groups in total. The molecule has 1 rings (SSSR count). The van der Waals surface area contributed by atoms with E-state index >= 15 is 0 Å². The van der Waals surface area contributed by atoms with E-state index in [4.69, 9.17) is 0 Å². The molecule has 0 aliphatic rings. The maximum Gasteiger partial charge on any atom is 0.260 e. The van der Waals surface area contributed by atoms with Crippen molar-refractivity contribution in [2.24, 2.45) is 0 Å². The summed E-state index contributed by atoms with van der Waals surface area (Å²) in [4.78, 5) is 13.4. The fourth-order valence-corrected chi connectivity index (χ4v) is 1.82. The molecule has 0 fully saturated rings. The Morgan fingerprint density at radius 2 is 2.25 bits per heavy atom. The topological polar surface area (TPSA) is 40.5 Å². The number of hydrogen-bond donors (Lipinski definition) is 1. The van der Waals surface area contributed by atoms with E-state index in [-0.39, 0.29) is 11.3 Å². The number of carbonyl (C=O) groups is 1. The molecule has 1 amide bonds. The van der Waals surface area contributed by atoms with Crippen LogP contribution in [0.4, 0.5) is 4.39 Å². The lowest BCUT2D eigenvalue weighted by molar-refractivity contribution is 0.0767. The Kier molecular flexibility index (Phi) is 4.73. The summed E-state index contributed by atoms with van der Waals surface area (Å²) in [6.07, 6.45) is 0. The van der Waals surface area contributed by atoms with Gasteiger partial charge in [-0.1, -0.05) is 22.0 Å². The molecule has 3 nitrogen and oxygen atoms in total. The van der Waals surface area contributed by atoms with Gasteiger partial charge in [-0.05, 0) is 19.1 Å². The summed E-state index contributed by atoms with van der Waals surface area (Å²) in [5.41, 5.74) is -0.259. The second kappa shape index (κ2) is 5.84. The first-order valence-corrected chi connectivity index (χ1v) is 6.06. The van der Waals surface area contributed by atoms with Crippen LogP contribution >= 0.6 is 15.9 Å². The van der Waals surface area contributed by atoms with Gasteiger partial charge in [-0.2, -0.15) is 0 Å². The van der Waals surface area contributed by atoms with Crippen molar-refractivity contribution in [1.29, 1.82) is 0 Å². The summed E-state index contributed by atoms with van der Waals surface area (Å²) in [5.74, 6) is -1.51. The molecule has 0 aromatic heterocycles. The molecule has 0 saturated heterocycles. The maximum absolute atomic E-state index is 13.4. The SMILES string of the molecule is CCN(CCBr)C(=O)c1c(O)cccc1F. The molecule has 5 heteroatoms. The largest absolute Gasteiger partial charge is 0.507 e. The predicted molar refractivity (Wildman–Crippen MR) is 63.4 cm³/mol. The van der Waals surface area contributed by atoms with Gasteiger partial charge in [0.05, 0.1) is 0 Å². The molecule has 0 saturated carbocycles. The normalized spacial score (nSPS) is 10.2. The Hall–Kier alpha value is -1.10. The van der Waals surface area contributed by atoms with Gasteiger partial charge in [0.1, 0.15) is 17.1 Å². The van der Waals surface area contributed by atoms with Crippen molar-refractivity contribution in [3.8, 4) is 5.75 Å². The Bertz CT molecular complexity index is 364. The number of halogens is 2. The third-order valence-electron chi connectivity index (χ3n) is 2.23.